The number of phenols is 2. The third kappa shape index (κ3) is 7.36. The summed E-state index contributed by atoms with van der Waals surface area (Å²) in [6.45, 7) is 2.32. The van der Waals surface area contributed by atoms with Crippen molar-refractivity contribution < 1.29 is 88.5 Å². The predicted molar refractivity (Wildman–Crippen MR) is 199 cm³/mol. The minimum absolute atomic E-state index is 0.0523. The Kier molecular flexibility index (Phi) is 11.5. The van der Waals surface area contributed by atoms with Crippen molar-refractivity contribution in [2.24, 2.45) is 0 Å². The van der Waals surface area contributed by atoms with Crippen LogP contribution in [0.1, 0.15) is 93.0 Å². The number of alkyl carbamates (subject to hydrolysis) is 1. The first-order valence-corrected chi connectivity index (χ1v) is 18.9. The SMILES string of the molecule is COc1cccc2c1C(=O)c1c(O)c3c(c(O)c1C2=O)C[C@@](O)(C(C)=O)C[C@@H]3O[C@H]1C[C@H](NC(=O)OCc2ccc([C@@H]3O[C@H](C(=O)O)[C@@H](O)[C@H](O)[C@H]3O)cc2)[C@H](O)[C@H](C)O1. The molecule has 2 aliphatic heterocycles. The van der Waals surface area contributed by atoms with Gasteiger partial charge in [-0.2, -0.15) is 0 Å². The van der Waals surface area contributed by atoms with E-state index in [-0.39, 0.29) is 46.6 Å². The summed E-state index contributed by atoms with van der Waals surface area (Å²) in [6, 6.07) is 9.13. The van der Waals surface area contributed by atoms with E-state index in [2.05, 4.69) is 5.32 Å². The number of carbonyl (C=O) groups excluding carboxylic acids is 4. The molecule has 1 amide bonds. The van der Waals surface area contributed by atoms with Crippen LogP contribution in [-0.4, -0.2) is 132 Å². The highest BCUT2D eigenvalue weighted by atomic mass is 16.7. The van der Waals surface area contributed by atoms with Crippen molar-refractivity contribution >= 4 is 29.4 Å². The zero-order chi connectivity index (χ0) is 43.5. The Morgan fingerprint density at radius 3 is 2.22 bits per heavy atom. The van der Waals surface area contributed by atoms with E-state index in [0.29, 0.717) is 5.56 Å². The molecule has 4 aliphatic rings. The van der Waals surface area contributed by atoms with Crippen LogP contribution in [-0.2, 0) is 41.6 Å². The van der Waals surface area contributed by atoms with E-state index < -0.39 is 132 Å². The van der Waals surface area contributed by atoms with Crippen LogP contribution in [0.25, 0.3) is 0 Å². The smallest absolute Gasteiger partial charge is 0.407 e. The molecule has 3 aromatic rings. The number of aliphatic carboxylic acids is 1. The summed E-state index contributed by atoms with van der Waals surface area (Å²) in [5.41, 5.74) is -3.08. The first kappa shape index (κ1) is 42.6. The molecule has 0 unspecified atom stereocenters. The van der Waals surface area contributed by atoms with Crippen LogP contribution in [0, 0.1) is 0 Å². The molecule has 9 N–H and O–H groups in total. The molecule has 2 saturated heterocycles. The number of methoxy groups -OCH3 is 1. The van der Waals surface area contributed by atoms with Gasteiger partial charge in [-0.3, -0.25) is 14.4 Å². The molecule has 0 spiro atoms. The average molecular weight is 838 g/mol. The van der Waals surface area contributed by atoms with E-state index in [1.54, 1.807) is 0 Å². The van der Waals surface area contributed by atoms with Crippen LogP contribution in [0.3, 0.4) is 0 Å². The number of aromatic hydroxyl groups is 2. The van der Waals surface area contributed by atoms with Crippen LogP contribution in [0.5, 0.6) is 17.2 Å². The molecule has 19 nitrogen and oxygen atoms in total. The van der Waals surface area contributed by atoms with Gasteiger partial charge in [0.25, 0.3) is 0 Å². The second-order valence-corrected chi connectivity index (χ2v) is 15.3. The highest BCUT2D eigenvalue weighted by Crippen LogP contribution is 2.52. The number of amides is 1. The van der Waals surface area contributed by atoms with Gasteiger partial charge in [0, 0.05) is 36.0 Å². The number of aliphatic hydroxyl groups excluding tert-OH is 4. The van der Waals surface area contributed by atoms with Gasteiger partial charge in [-0.25, -0.2) is 9.59 Å². The molecule has 0 radical (unpaired) electrons. The highest BCUT2D eigenvalue weighted by Gasteiger charge is 2.50. The Bertz CT molecular complexity index is 2240. The molecule has 60 heavy (non-hydrogen) atoms. The number of rotatable bonds is 9. The lowest BCUT2D eigenvalue weighted by Gasteiger charge is -2.42. The van der Waals surface area contributed by atoms with Crippen molar-refractivity contribution in [1.82, 2.24) is 5.32 Å². The molecular formula is C41H43NO18. The van der Waals surface area contributed by atoms with Crippen molar-refractivity contribution in [3.8, 4) is 17.2 Å². The van der Waals surface area contributed by atoms with Crippen LogP contribution in [0.15, 0.2) is 42.5 Å². The summed E-state index contributed by atoms with van der Waals surface area (Å²) in [6.07, 6.45) is -15.6. The lowest BCUT2D eigenvalue weighted by molar-refractivity contribution is -0.249. The lowest BCUT2D eigenvalue weighted by Crippen LogP contribution is -2.56. The Balaban J connectivity index is 1.08. The van der Waals surface area contributed by atoms with E-state index >= 15 is 0 Å². The predicted octanol–water partition coefficient (Wildman–Crippen LogP) is 0.604. The molecule has 320 valence electrons. The summed E-state index contributed by atoms with van der Waals surface area (Å²) in [4.78, 5) is 65.0. The monoisotopic (exact) mass is 837 g/mol. The molecule has 0 saturated carbocycles. The zero-order valence-corrected chi connectivity index (χ0v) is 32.3. The fourth-order valence-electron chi connectivity index (χ4n) is 8.27. The van der Waals surface area contributed by atoms with E-state index in [1.165, 1.54) is 56.5 Å². The van der Waals surface area contributed by atoms with Gasteiger partial charge >= 0.3 is 12.1 Å². The number of Topliss-reactive ketones (excluding diaryl/α,β-unsaturated/α-hetero) is 1. The molecule has 2 aliphatic carbocycles. The van der Waals surface area contributed by atoms with E-state index in [4.69, 9.17) is 23.7 Å². The number of nitrogens with one attached hydrogen (secondary N) is 1. The topological polar surface area (TPSA) is 305 Å². The maximum Gasteiger partial charge on any atom is 0.407 e. The van der Waals surface area contributed by atoms with E-state index in [1.807, 2.05) is 0 Å². The van der Waals surface area contributed by atoms with Crippen molar-refractivity contribution in [1.29, 1.82) is 0 Å². The molecule has 11 atom stereocenters. The Hall–Kier alpha value is -5.51. The molecule has 2 fully saturated rings. The van der Waals surface area contributed by atoms with Crippen molar-refractivity contribution in [3.05, 3.63) is 87.0 Å². The minimum atomic E-state index is -2.16. The van der Waals surface area contributed by atoms with Gasteiger partial charge in [-0.05, 0) is 31.0 Å². The average Bonchev–Trinajstić information content (AvgIpc) is 3.21. The Labute approximate surface area is 340 Å². The van der Waals surface area contributed by atoms with Gasteiger partial charge in [0.2, 0.25) is 5.78 Å². The van der Waals surface area contributed by atoms with Gasteiger partial charge in [0.15, 0.2) is 24.0 Å². The molecule has 3 aromatic carbocycles. The molecule has 2 heterocycles. The minimum Gasteiger partial charge on any atom is -0.507 e. The number of benzene rings is 3. The number of phenolic OH excluding ortho intramolecular Hbond substituents is 2. The zero-order valence-electron chi connectivity index (χ0n) is 32.3. The van der Waals surface area contributed by atoms with Crippen LogP contribution < -0.4 is 10.1 Å². The van der Waals surface area contributed by atoms with Gasteiger partial charge in [-0.15, -0.1) is 0 Å². The van der Waals surface area contributed by atoms with Crippen molar-refractivity contribution in [2.75, 3.05) is 7.11 Å². The summed E-state index contributed by atoms with van der Waals surface area (Å²) in [5.74, 6) is -5.27. The summed E-state index contributed by atoms with van der Waals surface area (Å²) in [5, 5.41) is 88.3. The molecular weight excluding hydrogens is 794 g/mol. The fourth-order valence-corrected chi connectivity index (χ4v) is 8.27. The number of ketones is 3. The van der Waals surface area contributed by atoms with E-state index in [0.717, 1.165) is 6.92 Å². The molecule has 19 heteroatoms. The number of ether oxygens (including phenoxy) is 5. The third-order valence-electron chi connectivity index (χ3n) is 11.6. The van der Waals surface area contributed by atoms with Crippen LogP contribution >= 0.6 is 0 Å². The third-order valence-corrected chi connectivity index (χ3v) is 11.6. The molecule has 0 aromatic heterocycles. The highest BCUT2D eigenvalue weighted by molar-refractivity contribution is 6.31. The van der Waals surface area contributed by atoms with Gasteiger partial charge in [-0.1, -0.05) is 36.4 Å². The number of fused-ring (bicyclic) bond motifs is 3. The number of carboxylic acids is 1. The van der Waals surface area contributed by atoms with Crippen molar-refractivity contribution in [3.63, 3.8) is 0 Å². The van der Waals surface area contributed by atoms with Crippen LogP contribution in [0.2, 0.25) is 0 Å². The Morgan fingerprint density at radius 1 is 0.883 bits per heavy atom. The quantitative estimate of drug-likeness (QED) is 0.104. The summed E-state index contributed by atoms with van der Waals surface area (Å²) >= 11 is 0. The largest absolute Gasteiger partial charge is 0.507 e. The standard InChI is InChI=1S/C41H43NO18/c1-15-29(44)21(42-40(54)57-14-17-7-9-18(10-8-17)37-35(50)34(49)36(51)38(60-37)39(52)53)11-24(58-15)59-23-13-41(55,16(2)43)12-20-26(23)33(48)28-27(31(20)46)30(45)19-5-4-6-22(56-3)25(19)32(28)47/h4-10,15,21,23-24,29,34-38,44,46,48-51,55H,11-14H2,1-3H3,(H,42,54)(H,52,53)/t15-,21-,23-,24-,29+,34+,35+,36-,37-,38-,41-/m0/s1. The number of hydrogen-bond acceptors (Lipinski definition) is 17. The maximum atomic E-state index is 13.9. The number of carboxylic acid groups (broad SMARTS) is 1. The molecule has 0 bridgehead atoms. The molecule has 7 rings (SSSR count). The summed E-state index contributed by atoms with van der Waals surface area (Å²) < 4.78 is 28.1. The summed E-state index contributed by atoms with van der Waals surface area (Å²) in [7, 11) is 1.30. The van der Waals surface area contributed by atoms with Crippen molar-refractivity contribution in [2.45, 2.75) is 106 Å². The maximum absolute atomic E-state index is 13.9. The number of hydrogen-bond donors (Lipinski definition) is 9. The van der Waals surface area contributed by atoms with E-state index in [9.17, 15) is 64.8 Å². The fraction of sp³-hybridized carbons (Fsp3) is 0.439. The number of carbonyl (C=O) groups is 5. The normalized spacial score (nSPS) is 31.0. The van der Waals surface area contributed by atoms with Gasteiger partial charge in [0.05, 0.1) is 42.0 Å². The lowest BCUT2D eigenvalue weighted by atomic mass is 9.72. The second kappa shape index (κ2) is 16.2. The Morgan fingerprint density at radius 2 is 1.57 bits per heavy atom. The van der Waals surface area contributed by atoms with Gasteiger partial charge < -0.3 is 69.9 Å². The van der Waals surface area contributed by atoms with Gasteiger partial charge in [0.1, 0.15) is 60.0 Å². The number of aliphatic hydroxyl groups is 5. The first-order chi connectivity index (χ1) is 28.4. The second-order valence-electron chi connectivity index (χ2n) is 15.3. The first-order valence-electron chi connectivity index (χ1n) is 18.9. The van der Waals surface area contributed by atoms with Crippen LogP contribution in [0.4, 0.5) is 4.79 Å².